The fraction of sp³-hybridized carbons (Fsp3) is 0.684. The number of nitrogens with one attached hydrogen (secondary N) is 1. The second kappa shape index (κ2) is 11.6. The molecule has 1 atom stereocenters. The van der Waals surface area contributed by atoms with E-state index in [0.717, 1.165) is 25.3 Å². The fourth-order valence-corrected chi connectivity index (χ4v) is 2.64. The summed E-state index contributed by atoms with van der Waals surface area (Å²) in [5.74, 6) is 1.01. The van der Waals surface area contributed by atoms with Crippen molar-refractivity contribution in [1.29, 1.82) is 0 Å². The zero-order chi connectivity index (χ0) is 15.3. The van der Waals surface area contributed by atoms with Crippen molar-refractivity contribution in [2.24, 2.45) is 0 Å². The highest BCUT2D eigenvalue weighted by Crippen LogP contribution is 2.21. The first-order chi connectivity index (χ1) is 10.3. The van der Waals surface area contributed by atoms with Gasteiger partial charge in [0.05, 0.1) is 6.61 Å². The van der Waals surface area contributed by atoms with Crippen LogP contribution in [0.3, 0.4) is 0 Å². The van der Waals surface area contributed by atoms with Gasteiger partial charge in [0.15, 0.2) is 0 Å². The molecule has 0 aliphatic rings. The van der Waals surface area contributed by atoms with Gasteiger partial charge in [-0.15, -0.1) is 0 Å². The maximum atomic E-state index is 5.90. The highest BCUT2D eigenvalue weighted by molar-refractivity contribution is 5.30. The van der Waals surface area contributed by atoms with Gasteiger partial charge in [-0.05, 0) is 37.1 Å². The minimum Gasteiger partial charge on any atom is -0.494 e. The number of rotatable bonds is 12. The molecule has 1 rings (SSSR count). The minimum atomic E-state index is 0.438. The number of benzene rings is 1. The first-order valence-corrected chi connectivity index (χ1v) is 8.77. The molecule has 2 heteroatoms. The summed E-state index contributed by atoms with van der Waals surface area (Å²) in [5.41, 5.74) is 1.33. The molecule has 0 amide bonds. The third-order valence-corrected chi connectivity index (χ3v) is 3.89. The van der Waals surface area contributed by atoms with E-state index in [1.54, 1.807) is 0 Å². The molecule has 1 aromatic rings. The first-order valence-electron chi connectivity index (χ1n) is 8.77. The predicted octanol–water partition coefficient (Wildman–Crippen LogP) is 5.49. The zero-order valence-electron chi connectivity index (χ0n) is 14.2. The van der Waals surface area contributed by atoms with E-state index in [1.807, 2.05) is 0 Å². The SMILES string of the molecule is CCCCCCCCOc1cccc(C(CC)NCC)c1. The molecule has 0 heterocycles. The number of hydrogen-bond acceptors (Lipinski definition) is 2. The Bertz CT molecular complexity index is 364. The van der Waals surface area contributed by atoms with Gasteiger partial charge in [0.25, 0.3) is 0 Å². The van der Waals surface area contributed by atoms with Crippen LogP contribution in [-0.4, -0.2) is 13.2 Å². The first kappa shape index (κ1) is 18.0. The molecule has 0 saturated heterocycles. The summed E-state index contributed by atoms with van der Waals surface area (Å²) in [6.07, 6.45) is 8.95. The molecule has 1 aromatic carbocycles. The molecule has 0 fully saturated rings. The summed E-state index contributed by atoms with van der Waals surface area (Å²) < 4.78 is 5.90. The molecule has 0 aliphatic carbocycles. The van der Waals surface area contributed by atoms with E-state index in [1.165, 1.54) is 44.1 Å². The molecule has 0 radical (unpaired) electrons. The van der Waals surface area contributed by atoms with Gasteiger partial charge < -0.3 is 10.1 Å². The van der Waals surface area contributed by atoms with Gasteiger partial charge in [0, 0.05) is 6.04 Å². The molecule has 120 valence electrons. The van der Waals surface area contributed by atoms with E-state index in [2.05, 4.69) is 50.4 Å². The molecule has 0 aromatic heterocycles. The van der Waals surface area contributed by atoms with Crippen LogP contribution in [0.2, 0.25) is 0 Å². The topological polar surface area (TPSA) is 21.3 Å². The average Bonchev–Trinajstić information content (AvgIpc) is 2.52. The summed E-state index contributed by atoms with van der Waals surface area (Å²) in [5, 5.41) is 3.52. The van der Waals surface area contributed by atoms with Crippen LogP contribution in [0.1, 0.15) is 77.3 Å². The Balaban J connectivity index is 2.32. The van der Waals surface area contributed by atoms with E-state index in [9.17, 15) is 0 Å². The summed E-state index contributed by atoms with van der Waals surface area (Å²) in [6.45, 7) is 8.47. The van der Waals surface area contributed by atoms with E-state index < -0.39 is 0 Å². The molecule has 0 bridgehead atoms. The minimum absolute atomic E-state index is 0.438. The number of ether oxygens (including phenoxy) is 1. The average molecular weight is 291 g/mol. The van der Waals surface area contributed by atoms with E-state index >= 15 is 0 Å². The Morgan fingerprint density at radius 2 is 1.76 bits per heavy atom. The van der Waals surface area contributed by atoms with Crippen LogP contribution in [0, 0.1) is 0 Å². The molecular formula is C19H33NO. The van der Waals surface area contributed by atoms with Crippen LogP contribution < -0.4 is 10.1 Å². The van der Waals surface area contributed by atoms with Gasteiger partial charge in [-0.1, -0.05) is 65.0 Å². The maximum Gasteiger partial charge on any atom is 0.119 e. The van der Waals surface area contributed by atoms with Gasteiger partial charge in [-0.2, -0.15) is 0 Å². The van der Waals surface area contributed by atoms with Crippen molar-refractivity contribution >= 4 is 0 Å². The van der Waals surface area contributed by atoms with Gasteiger partial charge in [0.1, 0.15) is 5.75 Å². The molecule has 1 N–H and O–H groups in total. The van der Waals surface area contributed by atoms with Crippen LogP contribution >= 0.6 is 0 Å². The normalized spacial score (nSPS) is 12.3. The largest absolute Gasteiger partial charge is 0.494 e. The summed E-state index contributed by atoms with van der Waals surface area (Å²) in [4.78, 5) is 0. The molecule has 1 unspecified atom stereocenters. The lowest BCUT2D eigenvalue weighted by atomic mass is 10.0. The van der Waals surface area contributed by atoms with Crippen molar-refractivity contribution in [3.63, 3.8) is 0 Å². The summed E-state index contributed by atoms with van der Waals surface area (Å²) >= 11 is 0. The van der Waals surface area contributed by atoms with E-state index in [4.69, 9.17) is 4.74 Å². The van der Waals surface area contributed by atoms with Crippen molar-refractivity contribution in [3.05, 3.63) is 29.8 Å². The third-order valence-electron chi connectivity index (χ3n) is 3.89. The van der Waals surface area contributed by atoms with Gasteiger partial charge in [-0.25, -0.2) is 0 Å². The smallest absolute Gasteiger partial charge is 0.119 e. The molecule has 0 aliphatic heterocycles. The van der Waals surface area contributed by atoms with E-state index in [-0.39, 0.29) is 0 Å². The van der Waals surface area contributed by atoms with Crippen LogP contribution in [-0.2, 0) is 0 Å². The second-order valence-electron chi connectivity index (χ2n) is 5.71. The highest BCUT2D eigenvalue weighted by atomic mass is 16.5. The quantitative estimate of drug-likeness (QED) is 0.514. The Kier molecular flexibility index (Phi) is 9.98. The Morgan fingerprint density at radius 1 is 1.00 bits per heavy atom. The molecule has 0 spiro atoms. The molecule has 0 saturated carbocycles. The number of hydrogen-bond donors (Lipinski definition) is 1. The lowest BCUT2D eigenvalue weighted by Crippen LogP contribution is -2.20. The highest BCUT2D eigenvalue weighted by Gasteiger charge is 2.08. The maximum absolute atomic E-state index is 5.90. The second-order valence-corrected chi connectivity index (χ2v) is 5.71. The van der Waals surface area contributed by atoms with Crippen LogP contribution in [0.4, 0.5) is 0 Å². The van der Waals surface area contributed by atoms with Crippen LogP contribution in [0.15, 0.2) is 24.3 Å². The Labute approximate surface area is 131 Å². The molecule has 21 heavy (non-hydrogen) atoms. The fourth-order valence-electron chi connectivity index (χ4n) is 2.64. The van der Waals surface area contributed by atoms with Crippen molar-refractivity contribution in [2.75, 3.05) is 13.2 Å². The van der Waals surface area contributed by atoms with Crippen molar-refractivity contribution in [1.82, 2.24) is 5.32 Å². The van der Waals surface area contributed by atoms with E-state index in [0.29, 0.717) is 6.04 Å². The lowest BCUT2D eigenvalue weighted by molar-refractivity contribution is 0.303. The summed E-state index contributed by atoms with van der Waals surface area (Å²) in [7, 11) is 0. The van der Waals surface area contributed by atoms with Gasteiger partial charge in [-0.3, -0.25) is 0 Å². The predicted molar refractivity (Wildman–Crippen MR) is 92.0 cm³/mol. The lowest BCUT2D eigenvalue weighted by Gasteiger charge is -2.17. The zero-order valence-corrected chi connectivity index (χ0v) is 14.2. The number of unbranched alkanes of at least 4 members (excludes halogenated alkanes) is 5. The monoisotopic (exact) mass is 291 g/mol. The molecular weight excluding hydrogens is 258 g/mol. The van der Waals surface area contributed by atoms with Crippen molar-refractivity contribution < 1.29 is 4.74 Å². The standard InChI is InChI=1S/C19H33NO/c1-4-7-8-9-10-11-15-21-18-14-12-13-17(16-18)19(5-2)20-6-3/h12-14,16,19-20H,4-11,15H2,1-3H3. The van der Waals surface area contributed by atoms with Crippen LogP contribution in [0.5, 0.6) is 5.75 Å². The Hall–Kier alpha value is -1.02. The van der Waals surface area contributed by atoms with Gasteiger partial charge in [0.2, 0.25) is 0 Å². The summed E-state index contributed by atoms with van der Waals surface area (Å²) in [6, 6.07) is 8.99. The van der Waals surface area contributed by atoms with Gasteiger partial charge >= 0.3 is 0 Å². The van der Waals surface area contributed by atoms with Crippen molar-refractivity contribution in [2.45, 2.75) is 71.8 Å². The third kappa shape index (κ3) is 7.52. The Morgan fingerprint density at radius 3 is 2.48 bits per heavy atom. The van der Waals surface area contributed by atoms with Crippen LogP contribution in [0.25, 0.3) is 0 Å². The molecule has 2 nitrogen and oxygen atoms in total. The van der Waals surface area contributed by atoms with Crippen molar-refractivity contribution in [3.8, 4) is 5.75 Å².